The third-order valence-electron chi connectivity index (χ3n) is 3.54. The first kappa shape index (κ1) is 15.4. The Morgan fingerprint density at radius 1 is 1.45 bits per heavy atom. The molecule has 1 aromatic heterocycles. The number of amides is 1. The van der Waals surface area contributed by atoms with Crippen LogP contribution in [0.1, 0.15) is 27.2 Å². The third kappa shape index (κ3) is 3.30. The minimum atomic E-state index is -0.136. The van der Waals surface area contributed by atoms with Gasteiger partial charge in [-0.1, -0.05) is 23.7 Å². The molecular weight excluding hydrogens is 322 g/mol. The van der Waals surface area contributed by atoms with E-state index >= 15 is 0 Å². The number of rotatable bonds is 3. The highest BCUT2D eigenvalue weighted by Gasteiger charge is 2.27. The van der Waals surface area contributed by atoms with Gasteiger partial charge in [-0.3, -0.25) is 4.79 Å². The Balaban J connectivity index is 1.72. The molecular formula is C15H16ClN3O2S. The fourth-order valence-corrected chi connectivity index (χ4v) is 3.15. The summed E-state index contributed by atoms with van der Waals surface area (Å²) in [6.45, 7) is 1.94. The molecule has 1 atom stereocenters. The Hall–Kier alpha value is -1.47. The fraction of sp³-hybridized carbons (Fsp3) is 0.333. The Bertz CT molecular complexity index is 659. The van der Waals surface area contributed by atoms with Gasteiger partial charge in [0.05, 0.1) is 13.2 Å². The van der Waals surface area contributed by atoms with Crippen LogP contribution in [0.3, 0.4) is 0 Å². The standard InChI is InChI=1S/C15H16ClN3O2S/c16-11-3-1-10(2-4-11)13-8-19(5-6-21-13)15(20)12-9-22-14(7-17)18-12/h1-4,9,13H,5-8,17H2. The van der Waals surface area contributed by atoms with E-state index in [1.165, 1.54) is 11.3 Å². The Labute approximate surface area is 137 Å². The van der Waals surface area contributed by atoms with Crippen molar-refractivity contribution < 1.29 is 9.53 Å². The summed E-state index contributed by atoms with van der Waals surface area (Å²) < 4.78 is 5.77. The lowest BCUT2D eigenvalue weighted by molar-refractivity contribution is -0.0229. The number of nitrogens with two attached hydrogens (primary N) is 1. The number of aromatic nitrogens is 1. The Morgan fingerprint density at radius 2 is 2.23 bits per heavy atom. The second kappa shape index (κ2) is 6.75. The van der Waals surface area contributed by atoms with Crippen LogP contribution in [0.5, 0.6) is 0 Å². The minimum absolute atomic E-state index is 0.0711. The van der Waals surface area contributed by atoms with Crippen molar-refractivity contribution >= 4 is 28.8 Å². The molecule has 116 valence electrons. The number of benzene rings is 1. The van der Waals surface area contributed by atoms with Gasteiger partial charge in [-0.25, -0.2) is 4.98 Å². The van der Waals surface area contributed by atoms with E-state index in [1.807, 2.05) is 24.3 Å². The zero-order chi connectivity index (χ0) is 15.5. The zero-order valence-corrected chi connectivity index (χ0v) is 13.4. The van der Waals surface area contributed by atoms with Crippen molar-refractivity contribution in [3.8, 4) is 0 Å². The molecule has 5 nitrogen and oxygen atoms in total. The van der Waals surface area contributed by atoms with Gasteiger partial charge in [0.15, 0.2) is 0 Å². The number of hydrogen-bond donors (Lipinski definition) is 1. The molecule has 1 aliphatic rings. The predicted octanol–water partition coefficient (Wildman–Crippen LogP) is 2.47. The molecule has 1 aliphatic heterocycles. The maximum Gasteiger partial charge on any atom is 0.273 e. The Morgan fingerprint density at radius 3 is 2.91 bits per heavy atom. The van der Waals surface area contributed by atoms with E-state index in [-0.39, 0.29) is 12.0 Å². The van der Waals surface area contributed by atoms with E-state index in [1.54, 1.807) is 10.3 Å². The van der Waals surface area contributed by atoms with E-state index in [0.717, 1.165) is 10.6 Å². The summed E-state index contributed by atoms with van der Waals surface area (Å²) in [4.78, 5) is 18.5. The SMILES string of the molecule is NCc1nc(C(=O)N2CCOC(c3ccc(Cl)cc3)C2)cs1. The van der Waals surface area contributed by atoms with Gasteiger partial charge in [0.2, 0.25) is 0 Å². The molecule has 0 saturated carbocycles. The monoisotopic (exact) mass is 337 g/mol. The van der Waals surface area contributed by atoms with E-state index in [0.29, 0.717) is 37.0 Å². The molecule has 0 bridgehead atoms. The molecule has 1 amide bonds. The van der Waals surface area contributed by atoms with Gasteiger partial charge in [0.1, 0.15) is 16.8 Å². The van der Waals surface area contributed by atoms with Gasteiger partial charge in [0, 0.05) is 23.5 Å². The molecule has 0 spiro atoms. The number of carbonyl (C=O) groups is 1. The second-order valence-electron chi connectivity index (χ2n) is 4.99. The molecule has 3 rings (SSSR count). The van der Waals surface area contributed by atoms with Gasteiger partial charge in [0.25, 0.3) is 5.91 Å². The third-order valence-corrected chi connectivity index (χ3v) is 4.66. The summed E-state index contributed by atoms with van der Waals surface area (Å²) in [6, 6.07) is 7.51. The predicted molar refractivity (Wildman–Crippen MR) is 86.1 cm³/mol. The van der Waals surface area contributed by atoms with Crippen molar-refractivity contribution in [1.82, 2.24) is 9.88 Å². The molecule has 0 radical (unpaired) electrons. The summed E-state index contributed by atoms with van der Waals surface area (Å²) in [5, 5.41) is 3.22. The van der Waals surface area contributed by atoms with Crippen molar-refractivity contribution in [2.45, 2.75) is 12.6 Å². The maximum absolute atomic E-state index is 12.5. The van der Waals surface area contributed by atoms with Crippen LogP contribution in [-0.4, -0.2) is 35.5 Å². The highest BCUT2D eigenvalue weighted by Crippen LogP contribution is 2.24. The molecule has 2 aromatic rings. The number of morpholine rings is 1. The van der Waals surface area contributed by atoms with Gasteiger partial charge in [-0.05, 0) is 17.7 Å². The van der Waals surface area contributed by atoms with Crippen LogP contribution >= 0.6 is 22.9 Å². The lowest BCUT2D eigenvalue weighted by Gasteiger charge is -2.32. The van der Waals surface area contributed by atoms with E-state index < -0.39 is 0 Å². The molecule has 22 heavy (non-hydrogen) atoms. The van der Waals surface area contributed by atoms with Crippen molar-refractivity contribution in [2.24, 2.45) is 5.73 Å². The molecule has 7 heteroatoms. The van der Waals surface area contributed by atoms with Gasteiger partial charge < -0.3 is 15.4 Å². The lowest BCUT2D eigenvalue weighted by Crippen LogP contribution is -2.42. The Kier molecular flexibility index (Phi) is 4.73. The van der Waals surface area contributed by atoms with Crippen LogP contribution in [0, 0.1) is 0 Å². The average Bonchev–Trinajstić information content (AvgIpc) is 3.04. The van der Waals surface area contributed by atoms with E-state index in [4.69, 9.17) is 22.1 Å². The van der Waals surface area contributed by atoms with Gasteiger partial charge in [-0.15, -0.1) is 11.3 Å². The maximum atomic E-state index is 12.5. The quantitative estimate of drug-likeness (QED) is 0.934. The number of halogens is 1. The second-order valence-corrected chi connectivity index (χ2v) is 6.37. The largest absolute Gasteiger partial charge is 0.370 e. The van der Waals surface area contributed by atoms with Gasteiger partial charge >= 0.3 is 0 Å². The van der Waals surface area contributed by atoms with Crippen LogP contribution in [0.25, 0.3) is 0 Å². The normalized spacial score (nSPS) is 18.5. The molecule has 1 fully saturated rings. The molecule has 2 N–H and O–H groups in total. The summed E-state index contributed by atoms with van der Waals surface area (Å²) in [6.07, 6.45) is -0.136. The fourth-order valence-electron chi connectivity index (χ4n) is 2.38. The van der Waals surface area contributed by atoms with Crippen LogP contribution in [0.4, 0.5) is 0 Å². The first-order valence-corrected chi connectivity index (χ1v) is 8.24. The lowest BCUT2D eigenvalue weighted by atomic mass is 10.1. The van der Waals surface area contributed by atoms with Crippen LogP contribution in [0.2, 0.25) is 5.02 Å². The van der Waals surface area contributed by atoms with Crippen molar-refractivity contribution in [3.05, 3.63) is 50.9 Å². The van der Waals surface area contributed by atoms with Crippen molar-refractivity contribution in [3.63, 3.8) is 0 Å². The summed E-state index contributed by atoms with van der Waals surface area (Å²) in [7, 11) is 0. The number of thiazole rings is 1. The topological polar surface area (TPSA) is 68.5 Å². The number of carbonyl (C=O) groups excluding carboxylic acids is 1. The highest BCUT2D eigenvalue weighted by atomic mass is 35.5. The van der Waals surface area contributed by atoms with Crippen LogP contribution in [-0.2, 0) is 11.3 Å². The van der Waals surface area contributed by atoms with Crippen LogP contribution < -0.4 is 5.73 Å². The number of nitrogens with zero attached hydrogens (tertiary/aromatic N) is 2. The average molecular weight is 338 g/mol. The van der Waals surface area contributed by atoms with Crippen molar-refractivity contribution in [1.29, 1.82) is 0 Å². The highest BCUT2D eigenvalue weighted by molar-refractivity contribution is 7.09. The number of hydrogen-bond acceptors (Lipinski definition) is 5. The molecule has 1 unspecified atom stereocenters. The molecule has 0 aliphatic carbocycles. The first-order valence-electron chi connectivity index (χ1n) is 6.98. The van der Waals surface area contributed by atoms with Crippen LogP contribution in [0.15, 0.2) is 29.6 Å². The minimum Gasteiger partial charge on any atom is -0.370 e. The van der Waals surface area contributed by atoms with Gasteiger partial charge in [-0.2, -0.15) is 0 Å². The summed E-state index contributed by atoms with van der Waals surface area (Å²) in [5.74, 6) is -0.0711. The first-order chi connectivity index (χ1) is 10.7. The number of ether oxygens (including phenoxy) is 1. The smallest absolute Gasteiger partial charge is 0.273 e. The zero-order valence-electron chi connectivity index (χ0n) is 11.9. The van der Waals surface area contributed by atoms with E-state index in [2.05, 4.69) is 4.98 Å². The summed E-state index contributed by atoms with van der Waals surface area (Å²) in [5.41, 5.74) is 7.02. The summed E-state index contributed by atoms with van der Waals surface area (Å²) >= 11 is 7.31. The molecule has 2 heterocycles. The molecule has 1 aromatic carbocycles. The van der Waals surface area contributed by atoms with Crippen molar-refractivity contribution in [2.75, 3.05) is 19.7 Å². The van der Waals surface area contributed by atoms with E-state index in [9.17, 15) is 4.79 Å². The molecule has 1 saturated heterocycles.